The Morgan fingerprint density at radius 2 is 1.61 bits per heavy atom. The Morgan fingerprint density at radius 1 is 1.03 bits per heavy atom. The predicted molar refractivity (Wildman–Crippen MR) is 123 cm³/mol. The van der Waals surface area contributed by atoms with E-state index in [2.05, 4.69) is 0 Å². The fraction of sp³-hybridized carbons (Fsp3) is 0.458. The van der Waals surface area contributed by atoms with E-state index in [0.29, 0.717) is 39.1 Å². The van der Waals surface area contributed by atoms with Gasteiger partial charge in [0.25, 0.3) is 0 Å². The SMILES string of the molecule is CCS(=O)(=O)N1CCC(C(=O)N(C)CCCOc2ccccc2)(c2ccccc2)CC1. The van der Waals surface area contributed by atoms with Gasteiger partial charge in [0.1, 0.15) is 5.75 Å². The largest absolute Gasteiger partial charge is 0.494 e. The Morgan fingerprint density at radius 3 is 2.19 bits per heavy atom. The van der Waals surface area contributed by atoms with Gasteiger partial charge in [-0.1, -0.05) is 48.5 Å². The summed E-state index contributed by atoms with van der Waals surface area (Å²) >= 11 is 0. The molecule has 0 N–H and O–H groups in total. The van der Waals surface area contributed by atoms with Crippen LogP contribution in [0.25, 0.3) is 0 Å². The van der Waals surface area contributed by atoms with Gasteiger partial charge in [0.15, 0.2) is 0 Å². The first kappa shape index (κ1) is 23.3. The molecule has 1 heterocycles. The number of amides is 1. The quantitative estimate of drug-likeness (QED) is 0.557. The minimum Gasteiger partial charge on any atom is -0.494 e. The second kappa shape index (κ2) is 10.3. The van der Waals surface area contributed by atoms with Crippen molar-refractivity contribution in [2.75, 3.05) is 39.0 Å². The Hall–Kier alpha value is -2.38. The lowest BCUT2D eigenvalue weighted by Gasteiger charge is -2.42. The number of hydrogen-bond acceptors (Lipinski definition) is 4. The van der Waals surface area contributed by atoms with Crippen LogP contribution in [0.5, 0.6) is 5.75 Å². The van der Waals surface area contributed by atoms with Gasteiger partial charge in [-0.25, -0.2) is 12.7 Å². The highest BCUT2D eigenvalue weighted by Gasteiger charge is 2.45. The van der Waals surface area contributed by atoms with Crippen LogP contribution in [0.15, 0.2) is 60.7 Å². The molecule has 3 rings (SSSR count). The Balaban J connectivity index is 1.67. The molecule has 1 fully saturated rings. The van der Waals surface area contributed by atoms with Crippen molar-refractivity contribution in [1.29, 1.82) is 0 Å². The molecule has 2 aromatic carbocycles. The van der Waals surface area contributed by atoms with E-state index in [1.807, 2.05) is 67.7 Å². The maximum Gasteiger partial charge on any atom is 0.233 e. The number of ether oxygens (including phenoxy) is 1. The number of likely N-dealkylation sites (N-methyl/N-ethyl adjacent to an activating group) is 1. The van der Waals surface area contributed by atoms with Crippen molar-refractivity contribution in [2.45, 2.75) is 31.6 Å². The van der Waals surface area contributed by atoms with E-state index >= 15 is 0 Å². The second-order valence-electron chi connectivity index (χ2n) is 7.99. The van der Waals surface area contributed by atoms with E-state index in [0.717, 1.165) is 17.7 Å². The van der Waals surface area contributed by atoms with Crippen molar-refractivity contribution in [1.82, 2.24) is 9.21 Å². The molecule has 31 heavy (non-hydrogen) atoms. The minimum absolute atomic E-state index is 0.0481. The van der Waals surface area contributed by atoms with Gasteiger partial charge in [0.05, 0.1) is 17.8 Å². The summed E-state index contributed by atoms with van der Waals surface area (Å²) in [5.41, 5.74) is 0.261. The van der Waals surface area contributed by atoms with Crippen LogP contribution in [0.2, 0.25) is 0 Å². The van der Waals surface area contributed by atoms with Gasteiger partial charge in [-0.05, 0) is 43.9 Å². The number of hydrogen-bond donors (Lipinski definition) is 0. The van der Waals surface area contributed by atoms with E-state index in [-0.39, 0.29) is 11.7 Å². The van der Waals surface area contributed by atoms with Gasteiger partial charge in [0, 0.05) is 26.7 Å². The summed E-state index contributed by atoms with van der Waals surface area (Å²) in [5.74, 6) is 0.953. The zero-order valence-corrected chi connectivity index (χ0v) is 19.2. The van der Waals surface area contributed by atoms with Gasteiger partial charge in [-0.15, -0.1) is 0 Å². The van der Waals surface area contributed by atoms with Gasteiger partial charge < -0.3 is 9.64 Å². The highest BCUT2D eigenvalue weighted by molar-refractivity contribution is 7.89. The lowest BCUT2D eigenvalue weighted by atomic mass is 9.72. The molecule has 1 aliphatic rings. The molecule has 1 aliphatic heterocycles. The van der Waals surface area contributed by atoms with Crippen molar-refractivity contribution in [3.8, 4) is 5.75 Å². The number of piperidine rings is 1. The number of nitrogens with zero attached hydrogens (tertiary/aromatic N) is 2. The van der Waals surface area contributed by atoms with Gasteiger partial charge >= 0.3 is 0 Å². The van der Waals surface area contributed by atoms with Crippen LogP contribution < -0.4 is 4.74 Å². The van der Waals surface area contributed by atoms with Crippen LogP contribution >= 0.6 is 0 Å². The van der Waals surface area contributed by atoms with Crippen LogP contribution in [-0.2, 0) is 20.2 Å². The van der Waals surface area contributed by atoms with Gasteiger partial charge in [-0.2, -0.15) is 0 Å². The van der Waals surface area contributed by atoms with E-state index in [1.54, 1.807) is 11.8 Å². The summed E-state index contributed by atoms with van der Waals surface area (Å²) in [4.78, 5) is 15.4. The zero-order valence-electron chi connectivity index (χ0n) is 18.4. The predicted octanol–water partition coefficient (Wildman–Crippen LogP) is 3.30. The molecule has 0 unspecified atom stereocenters. The third kappa shape index (κ3) is 5.46. The summed E-state index contributed by atoms with van der Waals surface area (Å²) in [6.45, 7) is 3.49. The molecule has 0 aromatic heterocycles. The Labute approximate surface area is 185 Å². The third-order valence-corrected chi connectivity index (χ3v) is 7.95. The summed E-state index contributed by atoms with van der Waals surface area (Å²) in [5, 5.41) is 0. The van der Waals surface area contributed by atoms with Crippen molar-refractivity contribution >= 4 is 15.9 Å². The van der Waals surface area contributed by atoms with E-state index in [9.17, 15) is 13.2 Å². The summed E-state index contributed by atoms with van der Waals surface area (Å²) in [7, 11) is -1.43. The van der Waals surface area contributed by atoms with Crippen molar-refractivity contribution in [3.63, 3.8) is 0 Å². The van der Waals surface area contributed by atoms with E-state index in [1.165, 1.54) is 4.31 Å². The van der Waals surface area contributed by atoms with Gasteiger partial charge in [-0.3, -0.25) is 4.79 Å². The first-order chi connectivity index (χ1) is 14.9. The lowest BCUT2D eigenvalue weighted by molar-refractivity contribution is -0.137. The first-order valence-corrected chi connectivity index (χ1v) is 12.5. The third-order valence-electron chi connectivity index (χ3n) is 6.07. The monoisotopic (exact) mass is 444 g/mol. The fourth-order valence-corrected chi connectivity index (χ4v) is 5.29. The molecule has 6 nitrogen and oxygen atoms in total. The van der Waals surface area contributed by atoms with Gasteiger partial charge in [0.2, 0.25) is 15.9 Å². The summed E-state index contributed by atoms with van der Waals surface area (Å²) in [6, 6.07) is 19.4. The number of carbonyl (C=O) groups excluding carboxylic acids is 1. The minimum atomic E-state index is -3.25. The maximum atomic E-state index is 13.6. The Bertz CT molecular complexity index is 940. The molecule has 7 heteroatoms. The molecule has 1 amide bonds. The van der Waals surface area contributed by atoms with E-state index in [4.69, 9.17) is 4.74 Å². The van der Waals surface area contributed by atoms with Crippen LogP contribution in [0.1, 0.15) is 31.7 Å². The Kier molecular flexibility index (Phi) is 7.73. The highest BCUT2D eigenvalue weighted by atomic mass is 32.2. The summed E-state index contributed by atoms with van der Waals surface area (Å²) < 4.78 is 31.9. The molecule has 1 saturated heterocycles. The zero-order chi connectivity index (χ0) is 22.3. The molecular formula is C24H32N2O4S. The van der Waals surface area contributed by atoms with Crippen molar-refractivity contribution in [2.24, 2.45) is 0 Å². The smallest absolute Gasteiger partial charge is 0.233 e. The first-order valence-electron chi connectivity index (χ1n) is 10.9. The normalized spacial score (nSPS) is 16.6. The lowest BCUT2D eigenvalue weighted by Crippen LogP contribution is -2.53. The topological polar surface area (TPSA) is 66.9 Å². The van der Waals surface area contributed by atoms with Crippen LogP contribution in [0.3, 0.4) is 0 Å². The van der Waals surface area contributed by atoms with Crippen LogP contribution in [0.4, 0.5) is 0 Å². The number of rotatable bonds is 9. The molecule has 0 aliphatic carbocycles. The number of sulfonamides is 1. The number of carbonyl (C=O) groups is 1. The molecule has 0 bridgehead atoms. The average Bonchev–Trinajstić information content (AvgIpc) is 2.82. The maximum absolute atomic E-state index is 13.6. The highest BCUT2D eigenvalue weighted by Crippen LogP contribution is 2.38. The molecule has 0 atom stereocenters. The standard InChI is InChI=1S/C24H32N2O4S/c1-3-31(28,29)26-18-15-24(16-19-26,21-11-6-4-7-12-21)23(27)25(2)17-10-20-30-22-13-8-5-9-14-22/h4-9,11-14H,3,10,15-20H2,1-2H3. The second-order valence-corrected chi connectivity index (χ2v) is 10.2. The molecule has 0 spiro atoms. The van der Waals surface area contributed by atoms with Crippen LogP contribution in [-0.4, -0.2) is 62.6 Å². The fourth-order valence-electron chi connectivity index (χ4n) is 4.19. The van der Waals surface area contributed by atoms with Crippen LogP contribution in [0, 0.1) is 0 Å². The summed E-state index contributed by atoms with van der Waals surface area (Å²) in [6.07, 6.45) is 1.69. The molecule has 168 valence electrons. The molecule has 2 aromatic rings. The number of para-hydroxylation sites is 1. The molecular weight excluding hydrogens is 412 g/mol. The number of benzene rings is 2. The average molecular weight is 445 g/mol. The molecule has 0 saturated carbocycles. The van der Waals surface area contributed by atoms with Crippen molar-refractivity contribution < 1.29 is 17.9 Å². The van der Waals surface area contributed by atoms with Crippen molar-refractivity contribution in [3.05, 3.63) is 66.2 Å². The van der Waals surface area contributed by atoms with E-state index < -0.39 is 15.4 Å². The molecule has 0 radical (unpaired) electrons.